The standard InChI is InChI=1S/C17H13N3O2S/c1-9-8-23-13(18-9)7-20-16(21)14-10(2)19-12-6-4-3-5-11(12)15(14)17(20)22/h3-6,8H,7H2,1-2H3. The molecule has 0 spiro atoms. The number of hydrogen-bond acceptors (Lipinski definition) is 5. The third kappa shape index (κ3) is 2.06. The van der Waals surface area contributed by atoms with E-state index in [9.17, 15) is 9.59 Å². The first-order chi connectivity index (χ1) is 11.1. The maximum atomic E-state index is 12.8. The number of pyridine rings is 1. The summed E-state index contributed by atoms with van der Waals surface area (Å²) < 4.78 is 0. The van der Waals surface area contributed by atoms with Crippen LogP contribution in [0.5, 0.6) is 0 Å². The average Bonchev–Trinajstić information content (AvgIpc) is 3.05. The topological polar surface area (TPSA) is 63.2 Å². The van der Waals surface area contributed by atoms with Gasteiger partial charge in [0.25, 0.3) is 11.8 Å². The van der Waals surface area contributed by atoms with Crippen LogP contribution >= 0.6 is 11.3 Å². The predicted molar refractivity (Wildman–Crippen MR) is 87.5 cm³/mol. The Hall–Kier alpha value is -2.60. The summed E-state index contributed by atoms with van der Waals surface area (Å²) in [6, 6.07) is 7.42. The minimum absolute atomic E-state index is 0.207. The fourth-order valence-corrected chi connectivity index (χ4v) is 3.69. The number of aromatic nitrogens is 2. The van der Waals surface area contributed by atoms with Gasteiger partial charge in [-0.3, -0.25) is 19.5 Å². The maximum absolute atomic E-state index is 12.8. The number of rotatable bonds is 2. The highest BCUT2D eigenvalue weighted by atomic mass is 32.1. The zero-order valence-corrected chi connectivity index (χ0v) is 13.5. The van der Waals surface area contributed by atoms with Crippen molar-refractivity contribution in [3.8, 4) is 0 Å². The summed E-state index contributed by atoms with van der Waals surface area (Å²) in [5.74, 6) is -0.548. The highest BCUT2D eigenvalue weighted by Gasteiger charge is 2.39. The van der Waals surface area contributed by atoms with Gasteiger partial charge in [0.2, 0.25) is 0 Å². The molecule has 0 fully saturated rings. The Morgan fingerprint density at radius 3 is 2.52 bits per heavy atom. The van der Waals surface area contributed by atoms with Crippen molar-refractivity contribution in [1.29, 1.82) is 0 Å². The molecule has 0 saturated carbocycles. The van der Waals surface area contributed by atoms with E-state index >= 15 is 0 Å². The van der Waals surface area contributed by atoms with Crippen LogP contribution in [0.25, 0.3) is 10.9 Å². The number of hydrogen-bond donors (Lipinski definition) is 0. The van der Waals surface area contributed by atoms with Crippen LogP contribution in [0.3, 0.4) is 0 Å². The molecule has 114 valence electrons. The van der Waals surface area contributed by atoms with Gasteiger partial charge in [0.1, 0.15) is 5.01 Å². The molecule has 0 N–H and O–H groups in total. The second-order valence-electron chi connectivity index (χ2n) is 5.54. The highest BCUT2D eigenvalue weighted by molar-refractivity contribution is 7.09. The molecular weight excluding hydrogens is 310 g/mol. The first-order valence-corrected chi connectivity index (χ1v) is 8.11. The molecule has 0 atom stereocenters. The Morgan fingerprint density at radius 2 is 1.78 bits per heavy atom. The Bertz CT molecular complexity index is 977. The molecule has 3 heterocycles. The van der Waals surface area contributed by atoms with E-state index in [1.54, 1.807) is 6.92 Å². The number of amides is 2. The number of benzene rings is 1. The lowest BCUT2D eigenvalue weighted by molar-refractivity contribution is 0.0642. The highest BCUT2D eigenvalue weighted by Crippen LogP contribution is 2.32. The van der Waals surface area contributed by atoms with E-state index < -0.39 is 0 Å². The van der Waals surface area contributed by atoms with E-state index in [0.717, 1.165) is 21.6 Å². The van der Waals surface area contributed by atoms with E-state index in [4.69, 9.17) is 0 Å². The van der Waals surface area contributed by atoms with Crippen LogP contribution in [-0.2, 0) is 6.54 Å². The van der Waals surface area contributed by atoms with Crippen molar-refractivity contribution in [1.82, 2.24) is 14.9 Å². The Labute approximate surface area is 136 Å². The van der Waals surface area contributed by atoms with Crippen molar-refractivity contribution >= 4 is 34.1 Å². The number of fused-ring (bicyclic) bond motifs is 3. The van der Waals surface area contributed by atoms with Gasteiger partial charge in [0.15, 0.2) is 0 Å². The molecule has 0 aliphatic carbocycles. The van der Waals surface area contributed by atoms with E-state index in [1.807, 2.05) is 36.6 Å². The second kappa shape index (κ2) is 4.96. The van der Waals surface area contributed by atoms with Crippen LogP contribution in [0, 0.1) is 13.8 Å². The normalized spacial score (nSPS) is 13.9. The molecule has 1 aromatic carbocycles. The molecule has 23 heavy (non-hydrogen) atoms. The molecule has 0 radical (unpaired) electrons. The van der Waals surface area contributed by atoms with Crippen LogP contribution in [0.1, 0.15) is 37.1 Å². The van der Waals surface area contributed by atoms with E-state index in [1.165, 1.54) is 16.2 Å². The molecule has 2 aromatic heterocycles. The van der Waals surface area contributed by atoms with Crippen molar-refractivity contribution < 1.29 is 9.59 Å². The Kier molecular flexibility index (Phi) is 3.02. The Balaban J connectivity index is 1.85. The van der Waals surface area contributed by atoms with Gasteiger partial charge >= 0.3 is 0 Å². The van der Waals surface area contributed by atoms with Crippen LogP contribution < -0.4 is 0 Å². The lowest BCUT2D eigenvalue weighted by Crippen LogP contribution is -2.29. The molecule has 4 rings (SSSR count). The van der Waals surface area contributed by atoms with Crippen molar-refractivity contribution in [2.45, 2.75) is 20.4 Å². The average molecular weight is 323 g/mol. The predicted octanol–water partition coefficient (Wildman–Crippen LogP) is 3.10. The van der Waals surface area contributed by atoms with Crippen LogP contribution in [0.2, 0.25) is 0 Å². The van der Waals surface area contributed by atoms with Gasteiger partial charge in [-0.15, -0.1) is 11.3 Å². The molecule has 5 nitrogen and oxygen atoms in total. The fraction of sp³-hybridized carbons (Fsp3) is 0.176. The SMILES string of the molecule is Cc1csc(CN2C(=O)c3c(C)nc4ccccc4c3C2=O)n1. The summed E-state index contributed by atoms with van der Waals surface area (Å²) in [4.78, 5) is 35.6. The summed E-state index contributed by atoms with van der Waals surface area (Å²) in [7, 11) is 0. The van der Waals surface area contributed by atoms with E-state index in [-0.39, 0.29) is 18.4 Å². The van der Waals surface area contributed by atoms with Gasteiger partial charge in [-0.2, -0.15) is 0 Å². The maximum Gasteiger partial charge on any atom is 0.263 e. The van der Waals surface area contributed by atoms with Crippen molar-refractivity contribution in [3.05, 3.63) is 57.2 Å². The van der Waals surface area contributed by atoms with Gasteiger partial charge < -0.3 is 0 Å². The number of thiazole rings is 1. The zero-order valence-electron chi connectivity index (χ0n) is 12.7. The second-order valence-corrected chi connectivity index (χ2v) is 6.49. The summed E-state index contributed by atoms with van der Waals surface area (Å²) in [6.45, 7) is 3.87. The van der Waals surface area contributed by atoms with Crippen LogP contribution in [-0.4, -0.2) is 26.7 Å². The van der Waals surface area contributed by atoms with Gasteiger partial charge in [0.05, 0.1) is 28.9 Å². The van der Waals surface area contributed by atoms with Crippen molar-refractivity contribution in [2.24, 2.45) is 0 Å². The van der Waals surface area contributed by atoms with E-state index in [0.29, 0.717) is 16.8 Å². The Morgan fingerprint density at radius 1 is 1.04 bits per heavy atom. The number of imide groups is 1. The number of carbonyl (C=O) groups excluding carboxylic acids is 2. The number of para-hydroxylation sites is 1. The summed E-state index contributed by atoms with van der Waals surface area (Å²) >= 11 is 1.45. The monoisotopic (exact) mass is 323 g/mol. The molecule has 0 bridgehead atoms. The largest absolute Gasteiger partial charge is 0.269 e. The summed E-state index contributed by atoms with van der Waals surface area (Å²) in [5.41, 5.74) is 3.10. The van der Waals surface area contributed by atoms with Crippen molar-refractivity contribution in [3.63, 3.8) is 0 Å². The van der Waals surface area contributed by atoms with Gasteiger partial charge in [-0.25, -0.2) is 4.98 Å². The fourth-order valence-electron chi connectivity index (χ4n) is 2.93. The van der Waals surface area contributed by atoms with Crippen LogP contribution in [0.4, 0.5) is 0 Å². The molecular formula is C17H13N3O2S. The third-order valence-corrected chi connectivity index (χ3v) is 4.90. The minimum atomic E-state index is -0.284. The van der Waals surface area contributed by atoms with E-state index in [2.05, 4.69) is 9.97 Å². The third-order valence-electron chi connectivity index (χ3n) is 3.95. The first kappa shape index (κ1) is 14.0. The first-order valence-electron chi connectivity index (χ1n) is 7.23. The van der Waals surface area contributed by atoms with Gasteiger partial charge in [-0.05, 0) is 19.9 Å². The van der Waals surface area contributed by atoms with Crippen LogP contribution in [0.15, 0.2) is 29.6 Å². The van der Waals surface area contributed by atoms with Crippen molar-refractivity contribution in [2.75, 3.05) is 0 Å². The molecule has 6 heteroatoms. The molecule has 1 aliphatic rings. The molecule has 0 unspecified atom stereocenters. The molecule has 3 aromatic rings. The molecule has 2 amide bonds. The van der Waals surface area contributed by atoms with Gasteiger partial charge in [-0.1, -0.05) is 18.2 Å². The zero-order chi connectivity index (χ0) is 16.1. The minimum Gasteiger partial charge on any atom is -0.269 e. The molecule has 1 aliphatic heterocycles. The lowest BCUT2D eigenvalue weighted by atomic mass is 10.0. The lowest BCUT2D eigenvalue weighted by Gasteiger charge is -2.11. The number of nitrogens with zero attached hydrogens (tertiary/aromatic N) is 3. The number of aryl methyl sites for hydroxylation is 2. The van der Waals surface area contributed by atoms with Gasteiger partial charge in [0, 0.05) is 16.5 Å². The quantitative estimate of drug-likeness (QED) is 0.680. The number of carbonyl (C=O) groups is 2. The summed E-state index contributed by atoms with van der Waals surface area (Å²) in [6.07, 6.45) is 0. The molecule has 0 saturated heterocycles. The smallest absolute Gasteiger partial charge is 0.263 e. The summed E-state index contributed by atoms with van der Waals surface area (Å²) in [5, 5.41) is 3.39.